The van der Waals surface area contributed by atoms with E-state index in [4.69, 9.17) is 15.2 Å². The minimum Gasteiger partial charge on any atom is -0.494 e. The highest BCUT2D eigenvalue weighted by Crippen LogP contribution is 2.21. The molecule has 0 saturated heterocycles. The number of rotatable bonds is 4. The van der Waals surface area contributed by atoms with Crippen LogP contribution in [0.4, 0.5) is 5.69 Å². The predicted octanol–water partition coefficient (Wildman–Crippen LogP) is 1.81. The van der Waals surface area contributed by atoms with Crippen LogP contribution < -0.4 is 10.5 Å². The van der Waals surface area contributed by atoms with Gasteiger partial charge in [-0.1, -0.05) is 0 Å². The largest absolute Gasteiger partial charge is 0.494 e. The Labute approximate surface area is 78.5 Å². The second kappa shape index (κ2) is 4.72. The first kappa shape index (κ1) is 9.86. The van der Waals surface area contributed by atoms with Crippen molar-refractivity contribution in [2.24, 2.45) is 0 Å². The lowest BCUT2D eigenvalue weighted by molar-refractivity contribution is 0.180. The van der Waals surface area contributed by atoms with Crippen molar-refractivity contribution in [3.05, 3.63) is 23.8 Å². The Morgan fingerprint density at radius 2 is 2.15 bits per heavy atom. The zero-order chi connectivity index (χ0) is 9.68. The van der Waals surface area contributed by atoms with E-state index in [1.165, 1.54) is 0 Å². The van der Waals surface area contributed by atoms with E-state index in [0.717, 1.165) is 17.0 Å². The lowest BCUT2D eigenvalue weighted by Crippen LogP contribution is -1.99. The van der Waals surface area contributed by atoms with E-state index in [9.17, 15) is 0 Å². The van der Waals surface area contributed by atoms with Crippen LogP contribution in [-0.2, 0) is 11.3 Å². The molecule has 3 nitrogen and oxygen atoms in total. The summed E-state index contributed by atoms with van der Waals surface area (Å²) in [6, 6.07) is 5.56. The van der Waals surface area contributed by atoms with Gasteiger partial charge in [0.25, 0.3) is 0 Å². The van der Waals surface area contributed by atoms with Gasteiger partial charge in [0, 0.05) is 18.4 Å². The van der Waals surface area contributed by atoms with Crippen LogP contribution in [0.5, 0.6) is 5.75 Å². The Morgan fingerprint density at radius 3 is 2.77 bits per heavy atom. The maximum atomic E-state index is 5.64. The van der Waals surface area contributed by atoms with Crippen LogP contribution in [0.2, 0.25) is 0 Å². The maximum absolute atomic E-state index is 5.64. The standard InChI is InChI=1S/C10H15NO2/c1-3-13-10-5-4-9(11)6-8(10)7-12-2/h4-6H,3,7,11H2,1-2H3. The molecule has 1 rings (SSSR count). The molecule has 0 radical (unpaired) electrons. The van der Waals surface area contributed by atoms with Gasteiger partial charge in [-0.15, -0.1) is 0 Å². The summed E-state index contributed by atoms with van der Waals surface area (Å²) in [5.74, 6) is 0.846. The topological polar surface area (TPSA) is 44.5 Å². The number of nitrogen functional groups attached to an aromatic ring is 1. The van der Waals surface area contributed by atoms with Crippen LogP contribution in [0.1, 0.15) is 12.5 Å². The first-order valence-corrected chi connectivity index (χ1v) is 4.28. The number of anilines is 1. The fourth-order valence-corrected chi connectivity index (χ4v) is 1.16. The number of hydrogen-bond acceptors (Lipinski definition) is 3. The molecule has 0 amide bonds. The summed E-state index contributed by atoms with van der Waals surface area (Å²) in [5, 5.41) is 0. The van der Waals surface area contributed by atoms with E-state index >= 15 is 0 Å². The van der Waals surface area contributed by atoms with Crippen molar-refractivity contribution in [3.8, 4) is 5.75 Å². The average molecular weight is 181 g/mol. The van der Waals surface area contributed by atoms with Crippen molar-refractivity contribution in [3.63, 3.8) is 0 Å². The van der Waals surface area contributed by atoms with Gasteiger partial charge in [-0.3, -0.25) is 0 Å². The molecule has 1 aromatic carbocycles. The molecule has 0 atom stereocenters. The second-order valence-corrected chi connectivity index (χ2v) is 2.73. The quantitative estimate of drug-likeness (QED) is 0.720. The molecule has 0 aromatic heterocycles. The van der Waals surface area contributed by atoms with Crippen LogP contribution in [0, 0.1) is 0 Å². The zero-order valence-corrected chi connectivity index (χ0v) is 8.04. The molecule has 0 aliphatic heterocycles. The van der Waals surface area contributed by atoms with Gasteiger partial charge < -0.3 is 15.2 Å². The van der Waals surface area contributed by atoms with Crippen LogP contribution in [0.25, 0.3) is 0 Å². The molecule has 3 heteroatoms. The van der Waals surface area contributed by atoms with Crippen LogP contribution in [-0.4, -0.2) is 13.7 Å². The normalized spacial score (nSPS) is 10.0. The van der Waals surface area contributed by atoms with Gasteiger partial charge in [-0.2, -0.15) is 0 Å². The summed E-state index contributed by atoms with van der Waals surface area (Å²) in [7, 11) is 1.65. The summed E-state index contributed by atoms with van der Waals surface area (Å²) < 4.78 is 10.4. The Kier molecular flexibility index (Phi) is 3.58. The van der Waals surface area contributed by atoms with E-state index in [2.05, 4.69) is 0 Å². The molecule has 1 aromatic rings. The molecule has 0 fully saturated rings. The highest BCUT2D eigenvalue weighted by atomic mass is 16.5. The van der Waals surface area contributed by atoms with E-state index in [1.54, 1.807) is 7.11 Å². The predicted molar refractivity (Wildman–Crippen MR) is 52.7 cm³/mol. The molecule has 0 heterocycles. The van der Waals surface area contributed by atoms with Gasteiger partial charge >= 0.3 is 0 Å². The van der Waals surface area contributed by atoms with Crippen molar-refractivity contribution < 1.29 is 9.47 Å². The third-order valence-corrected chi connectivity index (χ3v) is 1.68. The first-order chi connectivity index (χ1) is 6.27. The summed E-state index contributed by atoms with van der Waals surface area (Å²) in [6.45, 7) is 3.13. The van der Waals surface area contributed by atoms with Crippen molar-refractivity contribution in [1.82, 2.24) is 0 Å². The SMILES string of the molecule is CCOc1ccc(N)cc1COC. The summed E-state index contributed by atoms with van der Waals surface area (Å²) in [6.07, 6.45) is 0. The van der Waals surface area contributed by atoms with E-state index in [-0.39, 0.29) is 0 Å². The number of hydrogen-bond donors (Lipinski definition) is 1. The summed E-state index contributed by atoms with van der Waals surface area (Å²) in [4.78, 5) is 0. The first-order valence-electron chi connectivity index (χ1n) is 4.28. The molecular formula is C10H15NO2. The molecule has 0 bridgehead atoms. The Hall–Kier alpha value is -1.22. The Morgan fingerprint density at radius 1 is 1.38 bits per heavy atom. The third kappa shape index (κ3) is 2.63. The van der Waals surface area contributed by atoms with Crippen molar-refractivity contribution in [2.75, 3.05) is 19.5 Å². The van der Waals surface area contributed by atoms with Crippen molar-refractivity contribution in [2.45, 2.75) is 13.5 Å². The smallest absolute Gasteiger partial charge is 0.124 e. The molecule has 0 aliphatic carbocycles. The van der Waals surface area contributed by atoms with Gasteiger partial charge in [0.2, 0.25) is 0 Å². The lowest BCUT2D eigenvalue weighted by Gasteiger charge is -2.09. The Balaban J connectivity index is 2.89. The fraction of sp³-hybridized carbons (Fsp3) is 0.400. The van der Waals surface area contributed by atoms with Gasteiger partial charge in [-0.05, 0) is 25.1 Å². The van der Waals surface area contributed by atoms with E-state index < -0.39 is 0 Å². The monoisotopic (exact) mass is 181 g/mol. The third-order valence-electron chi connectivity index (χ3n) is 1.68. The summed E-state index contributed by atoms with van der Waals surface area (Å²) in [5.41, 5.74) is 7.36. The van der Waals surface area contributed by atoms with Gasteiger partial charge in [0.05, 0.1) is 13.2 Å². The fourth-order valence-electron chi connectivity index (χ4n) is 1.16. The minimum absolute atomic E-state index is 0.528. The van der Waals surface area contributed by atoms with Gasteiger partial charge in [0.15, 0.2) is 0 Å². The highest BCUT2D eigenvalue weighted by molar-refractivity contribution is 5.47. The number of ether oxygens (including phenoxy) is 2. The molecule has 2 N–H and O–H groups in total. The van der Waals surface area contributed by atoms with Gasteiger partial charge in [-0.25, -0.2) is 0 Å². The molecular weight excluding hydrogens is 166 g/mol. The van der Waals surface area contributed by atoms with E-state index in [0.29, 0.717) is 13.2 Å². The number of methoxy groups -OCH3 is 1. The minimum atomic E-state index is 0.528. The molecule has 0 unspecified atom stereocenters. The number of nitrogens with two attached hydrogens (primary N) is 1. The molecule has 13 heavy (non-hydrogen) atoms. The molecule has 72 valence electrons. The van der Waals surface area contributed by atoms with Crippen LogP contribution in [0.15, 0.2) is 18.2 Å². The van der Waals surface area contributed by atoms with Gasteiger partial charge in [0.1, 0.15) is 5.75 Å². The number of benzene rings is 1. The van der Waals surface area contributed by atoms with Crippen LogP contribution >= 0.6 is 0 Å². The van der Waals surface area contributed by atoms with Crippen molar-refractivity contribution in [1.29, 1.82) is 0 Å². The molecule has 0 spiro atoms. The van der Waals surface area contributed by atoms with Crippen LogP contribution in [0.3, 0.4) is 0 Å². The summed E-state index contributed by atoms with van der Waals surface area (Å²) >= 11 is 0. The lowest BCUT2D eigenvalue weighted by atomic mass is 10.2. The highest BCUT2D eigenvalue weighted by Gasteiger charge is 2.02. The zero-order valence-electron chi connectivity index (χ0n) is 8.04. The molecule has 0 saturated carbocycles. The van der Waals surface area contributed by atoms with E-state index in [1.807, 2.05) is 25.1 Å². The molecule has 0 aliphatic rings. The second-order valence-electron chi connectivity index (χ2n) is 2.73. The average Bonchev–Trinajstić information content (AvgIpc) is 2.10. The van der Waals surface area contributed by atoms with Crippen molar-refractivity contribution >= 4 is 5.69 Å². The Bertz CT molecular complexity index is 274. The maximum Gasteiger partial charge on any atom is 0.124 e.